The maximum absolute atomic E-state index is 13.3. The third-order valence-electron chi connectivity index (χ3n) is 5.19. The van der Waals surface area contributed by atoms with Gasteiger partial charge in [0, 0.05) is 18.5 Å². The molecule has 174 valence electrons. The van der Waals surface area contributed by atoms with Crippen molar-refractivity contribution in [1.82, 2.24) is 14.9 Å². The lowest BCUT2D eigenvalue weighted by Gasteiger charge is -2.15. The van der Waals surface area contributed by atoms with Gasteiger partial charge in [0.1, 0.15) is 27.5 Å². The lowest BCUT2D eigenvalue weighted by molar-refractivity contribution is 0.383. The minimum atomic E-state index is -4.07. The third-order valence-corrected chi connectivity index (χ3v) is 6.55. The summed E-state index contributed by atoms with van der Waals surface area (Å²) < 4.78 is 52.5. The van der Waals surface area contributed by atoms with Crippen molar-refractivity contribution in [2.24, 2.45) is 0 Å². The number of aryl methyl sites for hydroxylation is 1. The molecule has 0 bridgehead atoms. The molecule has 1 N–H and O–H groups in total. The van der Waals surface area contributed by atoms with Crippen LogP contribution in [0.1, 0.15) is 18.1 Å². The van der Waals surface area contributed by atoms with Gasteiger partial charge in [-0.05, 0) is 41.8 Å². The van der Waals surface area contributed by atoms with E-state index in [1.165, 1.54) is 27.4 Å². The Balaban J connectivity index is 1.74. The summed E-state index contributed by atoms with van der Waals surface area (Å²) in [5.41, 5.74) is 1.97. The van der Waals surface area contributed by atoms with Gasteiger partial charge in [0.25, 0.3) is 10.0 Å². The molecule has 0 saturated heterocycles. The summed E-state index contributed by atoms with van der Waals surface area (Å²) in [4.78, 5) is -0.0342. The average molecular weight is 473 g/mol. The van der Waals surface area contributed by atoms with E-state index in [4.69, 9.17) is 18.7 Å². The van der Waals surface area contributed by atoms with Crippen LogP contribution in [0, 0.1) is 0 Å². The number of hydrogen-bond acceptors (Lipinski definition) is 8. The fourth-order valence-electron chi connectivity index (χ4n) is 3.59. The predicted octanol–water partition coefficient (Wildman–Crippen LogP) is 3.46. The summed E-state index contributed by atoms with van der Waals surface area (Å²) in [7, 11) is 0.344. The molecule has 2 heterocycles. The Bertz CT molecular complexity index is 1380. The molecule has 2 aromatic heterocycles. The van der Waals surface area contributed by atoms with E-state index in [1.807, 2.05) is 19.2 Å². The highest BCUT2D eigenvalue weighted by molar-refractivity contribution is 7.92. The maximum atomic E-state index is 13.3. The van der Waals surface area contributed by atoms with Crippen LogP contribution < -0.4 is 18.9 Å². The number of hydrogen-bond donors (Lipinski definition) is 1. The first-order chi connectivity index (χ1) is 15.9. The molecule has 10 nitrogen and oxygen atoms in total. The van der Waals surface area contributed by atoms with Crippen LogP contribution in [0.5, 0.6) is 17.2 Å². The quantitative estimate of drug-likeness (QED) is 0.394. The second-order valence-corrected chi connectivity index (χ2v) is 8.83. The lowest BCUT2D eigenvalue weighted by atomic mass is 10.1. The molecular formula is C22H24N4O6S. The molecule has 0 unspecified atom stereocenters. The monoisotopic (exact) mass is 472 g/mol. The van der Waals surface area contributed by atoms with Gasteiger partial charge in [0.2, 0.25) is 0 Å². The second kappa shape index (κ2) is 9.02. The SMILES string of the molecule is CCc1cc(S(=O)(=O)Nc2noc3cc(Cn4cccn4)cc(OC)c23)c(OC)cc1OC. The molecule has 0 atom stereocenters. The molecule has 4 aromatic rings. The number of rotatable bonds is 9. The third kappa shape index (κ3) is 4.31. The minimum Gasteiger partial charge on any atom is -0.496 e. The first kappa shape index (κ1) is 22.5. The van der Waals surface area contributed by atoms with E-state index in [9.17, 15) is 8.42 Å². The zero-order valence-electron chi connectivity index (χ0n) is 18.7. The molecule has 0 aliphatic carbocycles. The van der Waals surface area contributed by atoms with Crippen molar-refractivity contribution in [3.63, 3.8) is 0 Å². The van der Waals surface area contributed by atoms with E-state index < -0.39 is 10.0 Å². The fourth-order valence-corrected chi connectivity index (χ4v) is 4.80. The van der Waals surface area contributed by atoms with E-state index in [2.05, 4.69) is 15.0 Å². The number of sulfonamides is 1. The minimum absolute atomic E-state index is 0.0170. The van der Waals surface area contributed by atoms with Crippen LogP contribution >= 0.6 is 0 Å². The van der Waals surface area contributed by atoms with Crippen LogP contribution in [0.15, 0.2) is 52.1 Å². The van der Waals surface area contributed by atoms with Crippen LogP contribution in [0.3, 0.4) is 0 Å². The highest BCUT2D eigenvalue weighted by Gasteiger charge is 2.26. The Hall–Kier alpha value is -3.73. The summed E-state index contributed by atoms with van der Waals surface area (Å²) >= 11 is 0. The topological polar surface area (TPSA) is 118 Å². The molecule has 0 aliphatic heterocycles. The van der Waals surface area contributed by atoms with Gasteiger partial charge in [0.05, 0.1) is 27.9 Å². The maximum Gasteiger partial charge on any atom is 0.266 e. The van der Waals surface area contributed by atoms with Crippen molar-refractivity contribution in [3.8, 4) is 17.2 Å². The largest absolute Gasteiger partial charge is 0.496 e. The van der Waals surface area contributed by atoms with Crippen LogP contribution in [0.4, 0.5) is 5.82 Å². The van der Waals surface area contributed by atoms with E-state index in [0.717, 1.165) is 11.1 Å². The number of nitrogens with one attached hydrogen (secondary N) is 1. The summed E-state index contributed by atoms with van der Waals surface area (Å²) in [6.07, 6.45) is 4.10. The first-order valence-electron chi connectivity index (χ1n) is 10.1. The van der Waals surface area contributed by atoms with Gasteiger partial charge in [-0.3, -0.25) is 9.40 Å². The molecular weight excluding hydrogens is 448 g/mol. The van der Waals surface area contributed by atoms with Crippen molar-refractivity contribution < 1.29 is 27.2 Å². The summed E-state index contributed by atoms with van der Waals surface area (Å²) in [6.45, 7) is 2.40. The number of ether oxygens (including phenoxy) is 3. The molecule has 4 rings (SSSR count). The predicted molar refractivity (Wildman–Crippen MR) is 122 cm³/mol. The number of benzene rings is 2. The van der Waals surface area contributed by atoms with E-state index in [1.54, 1.807) is 29.1 Å². The number of aromatic nitrogens is 3. The van der Waals surface area contributed by atoms with Crippen LogP contribution in [0.25, 0.3) is 11.0 Å². The molecule has 0 saturated carbocycles. The first-order valence-corrected chi connectivity index (χ1v) is 11.6. The molecule has 0 fully saturated rings. The Morgan fingerprint density at radius 2 is 1.79 bits per heavy atom. The van der Waals surface area contributed by atoms with Crippen LogP contribution in [-0.2, 0) is 23.0 Å². The molecule has 0 amide bonds. The van der Waals surface area contributed by atoms with Crippen molar-refractivity contribution in [2.45, 2.75) is 24.8 Å². The fraction of sp³-hybridized carbons (Fsp3) is 0.273. The number of methoxy groups -OCH3 is 3. The van der Waals surface area contributed by atoms with Gasteiger partial charge in [-0.2, -0.15) is 5.10 Å². The van der Waals surface area contributed by atoms with Gasteiger partial charge in [0.15, 0.2) is 11.4 Å². The normalized spacial score (nSPS) is 11.5. The van der Waals surface area contributed by atoms with Gasteiger partial charge in [-0.25, -0.2) is 8.42 Å². The summed E-state index contributed by atoms with van der Waals surface area (Å²) in [6, 6.07) is 8.47. The highest BCUT2D eigenvalue weighted by atomic mass is 32.2. The Kier molecular flexibility index (Phi) is 6.14. The smallest absolute Gasteiger partial charge is 0.266 e. The Morgan fingerprint density at radius 1 is 1.03 bits per heavy atom. The molecule has 0 radical (unpaired) electrons. The van der Waals surface area contributed by atoms with Gasteiger partial charge < -0.3 is 18.7 Å². The molecule has 2 aromatic carbocycles. The number of fused-ring (bicyclic) bond motifs is 1. The van der Waals surface area contributed by atoms with Crippen LogP contribution in [-0.4, -0.2) is 44.7 Å². The molecule has 0 spiro atoms. The average Bonchev–Trinajstić information content (AvgIpc) is 3.47. The molecule has 11 heteroatoms. The van der Waals surface area contributed by atoms with Gasteiger partial charge in [-0.1, -0.05) is 12.1 Å². The van der Waals surface area contributed by atoms with Gasteiger partial charge >= 0.3 is 0 Å². The van der Waals surface area contributed by atoms with E-state index in [0.29, 0.717) is 35.4 Å². The van der Waals surface area contributed by atoms with Crippen molar-refractivity contribution in [3.05, 3.63) is 53.9 Å². The Morgan fingerprint density at radius 3 is 2.42 bits per heavy atom. The highest BCUT2D eigenvalue weighted by Crippen LogP contribution is 2.37. The lowest BCUT2D eigenvalue weighted by Crippen LogP contribution is -2.15. The zero-order valence-corrected chi connectivity index (χ0v) is 19.5. The molecule has 0 aliphatic rings. The zero-order chi connectivity index (χ0) is 23.6. The van der Waals surface area contributed by atoms with Crippen molar-refractivity contribution in [2.75, 3.05) is 26.1 Å². The van der Waals surface area contributed by atoms with Gasteiger partial charge in [-0.15, -0.1) is 0 Å². The summed E-state index contributed by atoms with van der Waals surface area (Å²) in [5, 5.41) is 8.56. The van der Waals surface area contributed by atoms with Crippen molar-refractivity contribution in [1.29, 1.82) is 0 Å². The second-order valence-electron chi connectivity index (χ2n) is 7.18. The Labute approximate surface area is 191 Å². The van der Waals surface area contributed by atoms with E-state index in [-0.39, 0.29) is 16.5 Å². The summed E-state index contributed by atoms with van der Waals surface area (Å²) in [5.74, 6) is 1.14. The van der Waals surface area contributed by atoms with Crippen LogP contribution in [0.2, 0.25) is 0 Å². The standard InChI is InChI=1S/C22H24N4O6S/c1-5-15-11-20(17(30-3)12-16(15)29-2)33(27,28)25-22-21-18(31-4)9-14(10-19(21)32-24-22)13-26-8-6-7-23-26/h6-12H,5,13H2,1-4H3,(H,24,25). The number of nitrogens with zero attached hydrogens (tertiary/aromatic N) is 3. The van der Waals surface area contributed by atoms with Crippen molar-refractivity contribution >= 4 is 26.8 Å². The van der Waals surface area contributed by atoms with E-state index >= 15 is 0 Å². The number of anilines is 1. The molecule has 33 heavy (non-hydrogen) atoms.